The molecule has 1 aliphatic heterocycles. The molecule has 0 aliphatic carbocycles. The normalized spacial score (nSPS) is 15.8. The molecule has 1 aromatic rings. The second kappa shape index (κ2) is 8.00. The number of anilines is 1. The lowest BCUT2D eigenvalue weighted by Crippen LogP contribution is -2.28. The van der Waals surface area contributed by atoms with Crippen LogP contribution in [0.5, 0.6) is 5.75 Å². The molecule has 1 saturated heterocycles. The third-order valence-corrected chi connectivity index (χ3v) is 3.61. The van der Waals surface area contributed by atoms with Crippen molar-refractivity contribution in [2.75, 3.05) is 45.8 Å². The monoisotopic (exact) mass is 308 g/mol. The Labute approximate surface area is 131 Å². The summed E-state index contributed by atoms with van der Waals surface area (Å²) in [5, 5.41) is 12.6. The molecule has 1 aliphatic rings. The van der Waals surface area contributed by atoms with Gasteiger partial charge in [-0.15, -0.1) is 0 Å². The molecule has 1 aromatic carbocycles. The maximum absolute atomic E-state index is 11.4. The standard InChI is InChI=1S/C16H24N2O4/c1-18(2)7-10-22-13-3-4-14(16(19)20)15(11-13)17-12-5-8-21-9-6-12/h3-4,11-12,17H,5-10H2,1-2H3,(H,19,20). The van der Waals surface area contributed by atoms with E-state index in [1.165, 1.54) is 0 Å². The number of aromatic carboxylic acids is 1. The van der Waals surface area contributed by atoms with E-state index in [1.807, 2.05) is 19.0 Å². The Kier molecular flexibility index (Phi) is 6.03. The molecule has 1 fully saturated rings. The zero-order valence-corrected chi connectivity index (χ0v) is 13.2. The summed E-state index contributed by atoms with van der Waals surface area (Å²) in [6.45, 7) is 2.79. The molecule has 0 unspecified atom stereocenters. The fourth-order valence-corrected chi connectivity index (χ4v) is 2.33. The first-order valence-electron chi connectivity index (χ1n) is 7.55. The molecule has 1 heterocycles. The molecular formula is C16H24N2O4. The van der Waals surface area contributed by atoms with Gasteiger partial charge >= 0.3 is 5.97 Å². The van der Waals surface area contributed by atoms with Gasteiger partial charge in [-0.25, -0.2) is 4.79 Å². The third-order valence-electron chi connectivity index (χ3n) is 3.61. The minimum Gasteiger partial charge on any atom is -0.492 e. The number of ether oxygens (including phenoxy) is 2. The minimum absolute atomic E-state index is 0.240. The summed E-state index contributed by atoms with van der Waals surface area (Å²) in [7, 11) is 3.96. The number of rotatable bonds is 7. The van der Waals surface area contributed by atoms with Crippen molar-refractivity contribution in [3.8, 4) is 5.75 Å². The lowest BCUT2D eigenvalue weighted by Gasteiger charge is -2.25. The predicted octanol–water partition coefficient (Wildman–Crippen LogP) is 1.92. The highest BCUT2D eigenvalue weighted by Gasteiger charge is 2.18. The van der Waals surface area contributed by atoms with Crippen LogP contribution in [0.2, 0.25) is 0 Å². The van der Waals surface area contributed by atoms with Gasteiger partial charge in [-0.3, -0.25) is 0 Å². The van der Waals surface area contributed by atoms with Crippen LogP contribution >= 0.6 is 0 Å². The highest BCUT2D eigenvalue weighted by molar-refractivity contribution is 5.94. The first-order chi connectivity index (χ1) is 10.6. The van der Waals surface area contributed by atoms with Gasteiger partial charge in [0.1, 0.15) is 12.4 Å². The van der Waals surface area contributed by atoms with E-state index in [2.05, 4.69) is 5.32 Å². The number of carboxylic acid groups (broad SMARTS) is 1. The Hall–Kier alpha value is -1.79. The number of carbonyl (C=O) groups is 1. The Morgan fingerprint density at radius 2 is 2.14 bits per heavy atom. The van der Waals surface area contributed by atoms with Gasteiger partial charge in [-0.05, 0) is 39.1 Å². The Morgan fingerprint density at radius 3 is 2.77 bits per heavy atom. The number of nitrogens with zero attached hydrogens (tertiary/aromatic N) is 1. The lowest BCUT2D eigenvalue weighted by molar-refractivity contribution is 0.0697. The van der Waals surface area contributed by atoms with Crippen LogP contribution in [0.3, 0.4) is 0 Å². The van der Waals surface area contributed by atoms with Gasteiger partial charge in [0.25, 0.3) is 0 Å². The summed E-state index contributed by atoms with van der Waals surface area (Å²) < 4.78 is 11.0. The van der Waals surface area contributed by atoms with Crippen LogP contribution in [0.15, 0.2) is 18.2 Å². The lowest BCUT2D eigenvalue weighted by atomic mass is 10.1. The average molecular weight is 308 g/mol. The fraction of sp³-hybridized carbons (Fsp3) is 0.562. The minimum atomic E-state index is -0.936. The van der Waals surface area contributed by atoms with Crippen LogP contribution in [-0.4, -0.2) is 62.5 Å². The van der Waals surface area contributed by atoms with Gasteiger partial charge < -0.3 is 24.8 Å². The van der Waals surface area contributed by atoms with Crippen molar-refractivity contribution in [2.24, 2.45) is 0 Å². The average Bonchev–Trinajstić information content (AvgIpc) is 2.48. The topological polar surface area (TPSA) is 71.0 Å². The van der Waals surface area contributed by atoms with Gasteiger partial charge in [0.2, 0.25) is 0 Å². The Bertz CT molecular complexity index is 499. The number of likely N-dealkylation sites (N-methyl/N-ethyl adjacent to an activating group) is 1. The van der Waals surface area contributed by atoms with E-state index in [0.717, 1.165) is 19.4 Å². The highest BCUT2D eigenvalue weighted by atomic mass is 16.5. The molecule has 6 heteroatoms. The van der Waals surface area contributed by atoms with Crippen molar-refractivity contribution in [3.63, 3.8) is 0 Å². The quantitative estimate of drug-likeness (QED) is 0.802. The van der Waals surface area contributed by atoms with E-state index in [1.54, 1.807) is 18.2 Å². The van der Waals surface area contributed by atoms with Crippen molar-refractivity contribution in [2.45, 2.75) is 18.9 Å². The molecule has 0 aromatic heterocycles. The molecule has 0 spiro atoms. The van der Waals surface area contributed by atoms with Gasteiger partial charge in [0.15, 0.2) is 0 Å². The molecule has 0 saturated carbocycles. The number of hydrogen-bond donors (Lipinski definition) is 2. The largest absolute Gasteiger partial charge is 0.492 e. The summed E-state index contributed by atoms with van der Waals surface area (Å²) in [6, 6.07) is 5.31. The van der Waals surface area contributed by atoms with E-state index >= 15 is 0 Å². The van der Waals surface area contributed by atoms with Crippen molar-refractivity contribution in [1.82, 2.24) is 4.90 Å². The summed E-state index contributed by atoms with van der Waals surface area (Å²) in [5.41, 5.74) is 0.883. The molecule has 2 rings (SSSR count). The van der Waals surface area contributed by atoms with Crippen LogP contribution in [0.4, 0.5) is 5.69 Å². The van der Waals surface area contributed by atoms with Crippen LogP contribution in [0.25, 0.3) is 0 Å². The van der Waals surface area contributed by atoms with Crippen LogP contribution in [0, 0.1) is 0 Å². The second-order valence-electron chi connectivity index (χ2n) is 5.70. The summed E-state index contributed by atoms with van der Waals surface area (Å²) in [6.07, 6.45) is 1.76. The first kappa shape index (κ1) is 16.6. The van der Waals surface area contributed by atoms with E-state index in [4.69, 9.17) is 9.47 Å². The molecule has 0 radical (unpaired) electrons. The maximum Gasteiger partial charge on any atom is 0.337 e. The first-order valence-corrected chi connectivity index (χ1v) is 7.55. The van der Waals surface area contributed by atoms with Crippen LogP contribution in [0.1, 0.15) is 23.2 Å². The third kappa shape index (κ3) is 4.89. The zero-order chi connectivity index (χ0) is 15.9. The zero-order valence-electron chi connectivity index (χ0n) is 13.2. The smallest absolute Gasteiger partial charge is 0.337 e. The van der Waals surface area contributed by atoms with Crippen LogP contribution < -0.4 is 10.1 Å². The molecule has 6 nitrogen and oxygen atoms in total. The number of benzene rings is 1. The second-order valence-corrected chi connectivity index (χ2v) is 5.70. The molecular weight excluding hydrogens is 284 g/mol. The SMILES string of the molecule is CN(C)CCOc1ccc(C(=O)O)c(NC2CCOCC2)c1. The Morgan fingerprint density at radius 1 is 1.41 bits per heavy atom. The van der Waals surface area contributed by atoms with Crippen molar-refractivity contribution >= 4 is 11.7 Å². The van der Waals surface area contributed by atoms with E-state index in [-0.39, 0.29) is 11.6 Å². The summed E-state index contributed by atoms with van der Waals surface area (Å²) in [5.74, 6) is -0.254. The molecule has 2 N–H and O–H groups in total. The van der Waals surface area contributed by atoms with Gasteiger partial charge in [0.05, 0.1) is 11.3 Å². The number of carboxylic acids is 1. The van der Waals surface area contributed by atoms with Crippen LogP contribution in [-0.2, 0) is 4.74 Å². The molecule has 0 amide bonds. The van der Waals surface area contributed by atoms with E-state index in [0.29, 0.717) is 31.3 Å². The van der Waals surface area contributed by atoms with E-state index < -0.39 is 5.97 Å². The van der Waals surface area contributed by atoms with Crippen molar-refractivity contribution < 1.29 is 19.4 Å². The molecule has 0 atom stereocenters. The maximum atomic E-state index is 11.4. The Balaban J connectivity index is 2.07. The fourth-order valence-electron chi connectivity index (χ4n) is 2.33. The van der Waals surface area contributed by atoms with Gasteiger partial charge in [-0.2, -0.15) is 0 Å². The predicted molar refractivity (Wildman–Crippen MR) is 84.9 cm³/mol. The highest BCUT2D eigenvalue weighted by Crippen LogP contribution is 2.25. The summed E-state index contributed by atoms with van der Waals surface area (Å²) >= 11 is 0. The van der Waals surface area contributed by atoms with E-state index in [9.17, 15) is 9.90 Å². The number of nitrogens with one attached hydrogen (secondary N) is 1. The molecule has 0 bridgehead atoms. The molecule has 122 valence electrons. The van der Waals surface area contributed by atoms with Crippen molar-refractivity contribution in [3.05, 3.63) is 23.8 Å². The number of hydrogen-bond acceptors (Lipinski definition) is 5. The van der Waals surface area contributed by atoms with Gasteiger partial charge in [-0.1, -0.05) is 0 Å². The summed E-state index contributed by atoms with van der Waals surface area (Å²) in [4.78, 5) is 13.4. The molecule has 22 heavy (non-hydrogen) atoms. The van der Waals surface area contributed by atoms with Crippen molar-refractivity contribution in [1.29, 1.82) is 0 Å². The van der Waals surface area contributed by atoms with Gasteiger partial charge in [0, 0.05) is 31.9 Å².